The van der Waals surface area contributed by atoms with Gasteiger partial charge in [0.25, 0.3) is 0 Å². The highest BCUT2D eigenvalue weighted by molar-refractivity contribution is 9.09. The summed E-state index contributed by atoms with van der Waals surface area (Å²) in [5.74, 6) is -0.511. The van der Waals surface area contributed by atoms with Crippen molar-refractivity contribution < 1.29 is 19.0 Å². The largest absolute Gasteiger partial charge is 0.468 e. The van der Waals surface area contributed by atoms with Crippen molar-refractivity contribution in [1.82, 2.24) is 5.32 Å². The molecule has 15 heavy (non-hydrogen) atoms. The summed E-state index contributed by atoms with van der Waals surface area (Å²) in [5.41, 5.74) is -1.07. The Morgan fingerprint density at radius 3 is 2.93 bits per heavy atom. The second kappa shape index (κ2) is 5.23. The number of ether oxygens (including phenoxy) is 1. The molecule has 88 valence electrons. The average molecular weight is 284 g/mol. The summed E-state index contributed by atoms with van der Waals surface area (Å²) in [6, 6.07) is 0. The smallest absolute Gasteiger partial charge is 0.326 e. The van der Waals surface area contributed by atoms with E-state index in [1.807, 2.05) is 0 Å². The first-order chi connectivity index (χ1) is 7.04. The van der Waals surface area contributed by atoms with Gasteiger partial charge < -0.3 is 9.84 Å². The molecule has 1 saturated heterocycles. The van der Waals surface area contributed by atoms with Crippen molar-refractivity contribution >= 4 is 21.9 Å². The first kappa shape index (κ1) is 12.9. The maximum atomic E-state index is 13.1. The lowest BCUT2D eigenvalue weighted by molar-refractivity contribution is -0.149. The zero-order valence-electron chi connectivity index (χ0n) is 8.50. The number of halogens is 2. The number of nitrogens with one attached hydrogen (secondary N) is 1. The summed E-state index contributed by atoms with van der Waals surface area (Å²) in [5, 5.41) is 12.7. The van der Waals surface area contributed by atoms with Gasteiger partial charge in [0.15, 0.2) is 0 Å². The fourth-order valence-corrected chi connectivity index (χ4v) is 2.10. The van der Waals surface area contributed by atoms with Crippen molar-refractivity contribution in [1.29, 1.82) is 0 Å². The van der Waals surface area contributed by atoms with Gasteiger partial charge in [-0.1, -0.05) is 15.9 Å². The SMILES string of the molecule is COC(=O)C1(CC(O)CBr)CC(F)CN1. The van der Waals surface area contributed by atoms with Gasteiger partial charge in [0, 0.05) is 24.7 Å². The van der Waals surface area contributed by atoms with Crippen LogP contribution in [0.4, 0.5) is 4.39 Å². The summed E-state index contributed by atoms with van der Waals surface area (Å²) in [4.78, 5) is 11.6. The van der Waals surface area contributed by atoms with Crippen LogP contribution in [0.5, 0.6) is 0 Å². The Hall–Kier alpha value is -0.200. The van der Waals surface area contributed by atoms with Crippen molar-refractivity contribution in [2.45, 2.75) is 30.7 Å². The van der Waals surface area contributed by atoms with Crippen LogP contribution in [0, 0.1) is 0 Å². The molecule has 0 spiro atoms. The quantitative estimate of drug-likeness (QED) is 0.578. The highest BCUT2D eigenvalue weighted by atomic mass is 79.9. The number of alkyl halides is 2. The minimum absolute atomic E-state index is 0.0593. The lowest BCUT2D eigenvalue weighted by atomic mass is 9.90. The van der Waals surface area contributed by atoms with Gasteiger partial charge in [-0.25, -0.2) is 4.39 Å². The number of carbonyl (C=O) groups excluding carboxylic acids is 1. The second-order valence-electron chi connectivity index (χ2n) is 3.77. The molecule has 6 heteroatoms. The Kier molecular flexibility index (Phi) is 4.48. The van der Waals surface area contributed by atoms with Crippen LogP contribution < -0.4 is 5.32 Å². The molecule has 3 atom stereocenters. The molecular formula is C9H15BrFNO3. The topological polar surface area (TPSA) is 58.6 Å². The Morgan fingerprint density at radius 1 is 1.87 bits per heavy atom. The third-order valence-corrected chi connectivity index (χ3v) is 3.32. The number of aliphatic hydroxyl groups excluding tert-OH is 1. The summed E-state index contributed by atoms with van der Waals surface area (Å²) in [6.45, 7) is 0.129. The molecule has 2 N–H and O–H groups in total. The number of aliphatic hydroxyl groups is 1. The monoisotopic (exact) mass is 283 g/mol. The third-order valence-electron chi connectivity index (χ3n) is 2.57. The average Bonchev–Trinajstić information content (AvgIpc) is 2.59. The second-order valence-corrected chi connectivity index (χ2v) is 4.42. The minimum Gasteiger partial charge on any atom is -0.468 e. The Labute approximate surface area is 96.3 Å². The number of methoxy groups -OCH3 is 1. The minimum atomic E-state index is -1.07. The predicted molar refractivity (Wildman–Crippen MR) is 56.7 cm³/mol. The lowest BCUT2D eigenvalue weighted by Gasteiger charge is -2.27. The van der Waals surface area contributed by atoms with Crippen LogP contribution in [-0.2, 0) is 9.53 Å². The Bertz CT molecular complexity index is 241. The summed E-state index contributed by atoms with van der Waals surface area (Å²) < 4.78 is 17.7. The van der Waals surface area contributed by atoms with Crippen LogP contribution in [0.2, 0.25) is 0 Å². The molecule has 0 aliphatic carbocycles. The Morgan fingerprint density at radius 2 is 2.53 bits per heavy atom. The number of rotatable bonds is 4. The lowest BCUT2D eigenvalue weighted by Crippen LogP contribution is -2.50. The highest BCUT2D eigenvalue weighted by Gasteiger charge is 2.47. The molecule has 0 bridgehead atoms. The van der Waals surface area contributed by atoms with E-state index >= 15 is 0 Å². The van der Waals surface area contributed by atoms with E-state index in [4.69, 9.17) is 0 Å². The molecule has 0 saturated carbocycles. The van der Waals surface area contributed by atoms with Gasteiger partial charge in [-0.2, -0.15) is 0 Å². The molecule has 0 amide bonds. The molecule has 1 aliphatic heterocycles. The zero-order chi connectivity index (χ0) is 11.5. The van der Waals surface area contributed by atoms with Crippen molar-refractivity contribution in [2.75, 3.05) is 19.0 Å². The highest BCUT2D eigenvalue weighted by Crippen LogP contribution is 2.28. The van der Waals surface area contributed by atoms with Gasteiger partial charge in [0.2, 0.25) is 0 Å². The molecule has 0 radical (unpaired) electrons. The Balaban J connectivity index is 2.73. The van der Waals surface area contributed by atoms with Crippen LogP contribution in [-0.4, -0.2) is 47.9 Å². The van der Waals surface area contributed by atoms with Crippen LogP contribution in [0.3, 0.4) is 0 Å². The molecule has 1 heterocycles. The van der Waals surface area contributed by atoms with Gasteiger partial charge in [-0.3, -0.25) is 10.1 Å². The van der Waals surface area contributed by atoms with Crippen LogP contribution >= 0.6 is 15.9 Å². The molecule has 0 aromatic rings. The molecule has 0 aromatic heterocycles. The molecule has 1 rings (SSSR count). The summed E-state index contributed by atoms with van der Waals surface area (Å²) in [7, 11) is 1.26. The van der Waals surface area contributed by atoms with Crippen LogP contribution in [0.1, 0.15) is 12.8 Å². The van der Waals surface area contributed by atoms with Gasteiger partial charge in [-0.05, 0) is 0 Å². The van der Waals surface area contributed by atoms with E-state index in [1.54, 1.807) is 0 Å². The van der Waals surface area contributed by atoms with E-state index in [1.165, 1.54) is 7.11 Å². The molecule has 3 unspecified atom stereocenters. The predicted octanol–water partition coefficient (Wildman–Crippen LogP) is 0.376. The van der Waals surface area contributed by atoms with Gasteiger partial charge >= 0.3 is 5.97 Å². The summed E-state index contributed by atoms with van der Waals surface area (Å²) in [6.07, 6.45) is -1.54. The standard InChI is InChI=1S/C9H15BrFNO3/c1-15-8(14)9(3-7(13)4-10)2-6(11)5-12-9/h6-7,12-13H,2-5H2,1H3. The fraction of sp³-hybridized carbons (Fsp3) is 0.889. The van der Waals surface area contributed by atoms with E-state index in [0.717, 1.165) is 0 Å². The van der Waals surface area contributed by atoms with Gasteiger partial charge in [0.1, 0.15) is 11.7 Å². The van der Waals surface area contributed by atoms with E-state index in [-0.39, 0.29) is 19.4 Å². The molecule has 4 nitrogen and oxygen atoms in total. The molecule has 1 fully saturated rings. The van der Waals surface area contributed by atoms with Crippen LogP contribution in [0.15, 0.2) is 0 Å². The zero-order valence-corrected chi connectivity index (χ0v) is 10.1. The maximum Gasteiger partial charge on any atom is 0.326 e. The van der Waals surface area contributed by atoms with Crippen molar-refractivity contribution in [3.05, 3.63) is 0 Å². The van der Waals surface area contributed by atoms with E-state index in [9.17, 15) is 14.3 Å². The molecule has 0 aromatic carbocycles. The first-order valence-corrected chi connectivity index (χ1v) is 5.88. The number of carbonyl (C=O) groups is 1. The number of hydrogen-bond donors (Lipinski definition) is 2. The summed E-state index contributed by atoms with van der Waals surface area (Å²) >= 11 is 3.11. The van der Waals surface area contributed by atoms with Crippen molar-refractivity contribution in [3.63, 3.8) is 0 Å². The third kappa shape index (κ3) is 2.89. The fourth-order valence-electron chi connectivity index (χ4n) is 1.88. The van der Waals surface area contributed by atoms with E-state index in [0.29, 0.717) is 5.33 Å². The van der Waals surface area contributed by atoms with E-state index in [2.05, 4.69) is 26.0 Å². The van der Waals surface area contributed by atoms with Crippen LogP contribution in [0.25, 0.3) is 0 Å². The maximum absolute atomic E-state index is 13.1. The molecule has 1 aliphatic rings. The normalized spacial score (nSPS) is 32.7. The number of esters is 1. The van der Waals surface area contributed by atoms with E-state index < -0.39 is 23.8 Å². The van der Waals surface area contributed by atoms with Crippen molar-refractivity contribution in [2.24, 2.45) is 0 Å². The van der Waals surface area contributed by atoms with Gasteiger partial charge in [0.05, 0.1) is 13.2 Å². The number of hydrogen-bond acceptors (Lipinski definition) is 4. The molecular weight excluding hydrogens is 269 g/mol. The van der Waals surface area contributed by atoms with Gasteiger partial charge in [-0.15, -0.1) is 0 Å². The first-order valence-electron chi connectivity index (χ1n) is 4.75. The van der Waals surface area contributed by atoms with Crippen molar-refractivity contribution in [3.8, 4) is 0 Å².